The van der Waals surface area contributed by atoms with Crippen molar-refractivity contribution in [2.75, 3.05) is 18.0 Å². The van der Waals surface area contributed by atoms with Gasteiger partial charge in [-0.25, -0.2) is 0 Å². The zero-order valence-electron chi connectivity index (χ0n) is 10.0. The van der Waals surface area contributed by atoms with Crippen molar-refractivity contribution in [3.05, 3.63) is 24.0 Å². The highest BCUT2D eigenvalue weighted by molar-refractivity contribution is 5.93. The molecule has 4 heteroatoms. The van der Waals surface area contributed by atoms with Crippen molar-refractivity contribution >= 4 is 11.5 Å². The molecule has 0 fully saturated rings. The summed E-state index contributed by atoms with van der Waals surface area (Å²) in [6.45, 7) is 6.37. The van der Waals surface area contributed by atoms with E-state index in [2.05, 4.69) is 23.7 Å². The predicted octanol–water partition coefficient (Wildman–Crippen LogP) is 1.99. The molecule has 0 atom stereocenters. The molecule has 0 aliphatic heterocycles. The van der Waals surface area contributed by atoms with Crippen LogP contribution in [0.2, 0.25) is 0 Å². The summed E-state index contributed by atoms with van der Waals surface area (Å²) in [4.78, 5) is 6.37. The van der Waals surface area contributed by atoms with Crippen LogP contribution in [0.3, 0.4) is 0 Å². The molecule has 88 valence electrons. The Kier molecular flexibility index (Phi) is 4.76. The van der Waals surface area contributed by atoms with Crippen molar-refractivity contribution in [3.63, 3.8) is 0 Å². The lowest BCUT2D eigenvalue weighted by atomic mass is 10.2. The van der Waals surface area contributed by atoms with E-state index in [1.54, 1.807) is 6.20 Å². The zero-order chi connectivity index (χ0) is 12.0. The fourth-order valence-corrected chi connectivity index (χ4v) is 1.67. The highest BCUT2D eigenvalue weighted by Crippen LogP contribution is 2.15. The van der Waals surface area contributed by atoms with Crippen molar-refractivity contribution < 1.29 is 0 Å². The van der Waals surface area contributed by atoms with Crippen LogP contribution < -0.4 is 10.6 Å². The van der Waals surface area contributed by atoms with E-state index in [4.69, 9.17) is 11.1 Å². The number of aromatic nitrogens is 1. The Morgan fingerprint density at radius 3 is 2.50 bits per heavy atom. The lowest BCUT2D eigenvalue weighted by Crippen LogP contribution is -2.25. The van der Waals surface area contributed by atoms with E-state index in [0.29, 0.717) is 5.69 Å². The lowest BCUT2D eigenvalue weighted by molar-refractivity contribution is 0.744. The van der Waals surface area contributed by atoms with Crippen molar-refractivity contribution in [1.82, 2.24) is 4.98 Å². The summed E-state index contributed by atoms with van der Waals surface area (Å²) < 4.78 is 0. The number of amidine groups is 1. The Morgan fingerprint density at radius 2 is 2.00 bits per heavy atom. The number of nitrogens with zero attached hydrogens (tertiary/aromatic N) is 2. The van der Waals surface area contributed by atoms with Gasteiger partial charge in [-0.2, -0.15) is 0 Å². The molecule has 0 amide bonds. The standard InChI is InChI=1S/C12H20N4/c1-3-7-16(8-4-2)10-5-6-15-11(9-10)12(13)14/h5-6,9H,3-4,7-8H2,1-2H3,(H3,13,14). The maximum atomic E-state index is 7.37. The number of rotatable bonds is 6. The number of nitrogens with one attached hydrogen (secondary N) is 1. The quantitative estimate of drug-likeness (QED) is 0.569. The van der Waals surface area contributed by atoms with Gasteiger partial charge in [0, 0.05) is 25.0 Å². The summed E-state index contributed by atoms with van der Waals surface area (Å²) in [5.41, 5.74) is 7.08. The monoisotopic (exact) mass is 220 g/mol. The minimum absolute atomic E-state index is 0.0230. The molecule has 0 aliphatic carbocycles. The molecule has 0 spiro atoms. The lowest BCUT2D eigenvalue weighted by Gasteiger charge is -2.23. The van der Waals surface area contributed by atoms with E-state index < -0.39 is 0 Å². The van der Waals surface area contributed by atoms with Crippen LogP contribution in [0.25, 0.3) is 0 Å². The van der Waals surface area contributed by atoms with Crippen LogP contribution in [-0.4, -0.2) is 23.9 Å². The summed E-state index contributed by atoms with van der Waals surface area (Å²) >= 11 is 0. The molecule has 1 aromatic heterocycles. The third kappa shape index (κ3) is 3.22. The number of nitrogen functional groups attached to an aromatic ring is 1. The molecule has 4 nitrogen and oxygen atoms in total. The molecular weight excluding hydrogens is 200 g/mol. The van der Waals surface area contributed by atoms with Crippen LogP contribution in [-0.2, 0) is 0 Å². The average molecular weight is 220 g/mol. The van der Waals surface area contributed by atoms with E-state index in [9.17, 15) is 0 Å². The largest absolute Gasteiger partial charge is 0.382 e. The average Bonchev–Trinajstić information content (AvgIpc) is 2.29. The summed E-state index contributed by atoms with van der Waals surface area (Å²) in [5.74, 6) is 0.0230. The van der Waals surface area contributed by atoms with E-state index >= 15 is 0 Å². The van der Waals surface area contributed by atoms with Crippen molar-refractivity contribution in [2.45, 2.75) is 26.7 Å². The molecule has 0 radical (unpaired) electrons. The van der Waals surface area contributed by atoms with Gasteiger partial charge in [0.1, 0.15) is 11.5 Å². The Balaban J connectivity index is 2.90. The van der Waals surface area contributed by atoms with Gasteiger partial charge >= 0.3 is 0 Å². The highest BCUT2D eigenvalue weighted by atomic mass is 15.1. The highest BCUT2D eigenvalue weighted by Gasteiger charge is 2.06. The SMILES string of the molecule is CCCN(CCC)c1ccnc(C(=N)N)c1. The molecule has 16 heavy (non-hydrogen) atoms. The van der Waals surface area contributed by atoms with Crippen LogP contribution in [0.15, 0.2) is 18.3 Å². The summed E-state index contributed by atoms with van der Waals surface area (Å²) in [7, 11) is 0. The Morgan fingerprint density at radius 1 is 1.38 bits per heavy atom. The maximum Gasteiger partial charge on any atom is 0.141 e. The first-order valence-corrected chi connectivity index (χ1v) is 5.74. The molecule has 1 aromatic rings. The number of hydrogen-bond donors (Lipinski definition) is 2. The van der Waals surface area contributed by atoms with Gasteiger partial charge in [-0.3, -0.25) is 10.4 Å². The second kappa shape index (κ2) is 6.10. The Hall–Kier alpha value is -1.58. The number of pyridine rings is 1. The van der Waals surface area contributed by atoms with Gasteiger partial charge in [0.25, 0.3) is 0 Å². The van der Waals surface area contributed by atoms with E-state index in [1.807, 2.05) is 12.1 Å². The van der Waals surface area contributed by atoms with Gasteiger partial charge in [0.05, 0.1) is 0 Å². The minimum Gasteiger partial charge on any atom is -0.382 e. The third-order valence-electron chi connectivity index (χ3n) is 2.37. The molecule has 3 N–H and O–H groups in total. The molecule has 0 saturated carbocycles. The topological polar surface area (TPSA) is 66.0 Å². The summed E-state index contributed by atoms with van der Waals surface area (Å²) in [6, 6.07) is 3.85. The number of nitrogens with two attached hydrogens (primary N) is 1. The molecule has 0 aromatic carbocycles. The second-order valence-electron chi connectivity index (χ2n) is 3.80. The van der Waals surface area contributed by atoms with Gasteiger partial charge < -0.3 is 10.6 Å². The predicted molar refractivity (Wildman–Crippen MR) is 68.0 cm³/mol. The van der Waals surface area contributed by atoms with Crippen LogP contribution in [0.1, 0.15) is 32.4 Å². The number of anilines is 1. The van der Waals surface area contributed by atoms with Crippen molar-refractivity contribution in [2.24, 2.45) is 5.73 Å². The van der Waals surface area contributed by atoms with E-state index in [1.165, 1.54) is 0 Å². The first-order valence-electron chi connectivity index (χ1n) is 5.74. The first kappa shape index (κ1) is 12.5. The van der Waals surface area contributed by atoms with Crippen LogP contribution >= 0.6 is 0 Å². The molecule has 1 heterocycles. The summed E-state index contributed by atoms with van der Waals surface area (Å²) in [6.07, 6.45) is 3.93. The van der Waals surface area contributed by atoms with Gasteiger partial charge in [0.2, 0.25) is 0 Å². The third-order valence-corrected chi connectivity index (χ3v) is 2.37. The fourth-order valence-electron chi connectivity index (χ4n) is 1.67. The zero-order valence-corrected chi connectivity index (χ0v) is 10.0. The smallest absolute Gasteiger partial charge is 0.141 e. The maximum absolute atomic E-state index is 7.37. The van der Waals surface area contributed by atoms with Gasteiger partial charge in [-0.05, 0) is 25.0 Å². The van der Waals surface area contributed by atoms with Gasteiger partial charge in [0.15, 0.2) is 0 Å². The molecule has 0 bridgehead atoms. The second-order valence-corrected chi connectivity index (χ2v) is 3.80. The fraction of sp³-hybridized carbons (Fsp3) is 0.500. The molecule has 0 unspecified atom stereocenters. The molecular formula is C12H20N4. The summed E-state index contributed by atoms with van der Waals surface area (Å²) in [5, 5.41) is 7.37. The first-order chi connectivity index (χ1) is 7.69. The van der Waals surface area contributed by atoms with Crippen LogP contribution in [0, 0.1) is 5.41 Å². The van der Waals surface area contributed by atoms with Crippen molar-refractivity contribution in [1.29, 1.82) is 5.41 Å². The molecule has 0 saturated heterocycles. The van der Waals surface area contributed by atoms with E-state index in [0.717, 1.165) is 31.6 Å². The van der Waals surface area contributed by atoms with E-state index in [-0.39, 0.29) is 5.84 Å². The normalized spacial score (nSPS) is 10.1. The van der Waals surface area contributed by atoms with Crippen LogP contribution in [0.4, 0.5) is 5.69 Å². The van der Waals surface area contributed by atoms with Crippen molar-refractivity contribution in [3.8, 4) is 0 Å². The van der Waals surface area contributed by atoms with Gasteiger partial charge in [-0.1, -0.05) is 13.8 Å². The van der Waals surface area contributed by atoms with Gasteiger partial charge in [-0.15, -0.1) is 0 Å². The number of hydrogen-bond acceptors (Lipinski definition) is 3. The minimum atomic E-state index is 0.0230. The molecule has 0 aliphatic rings. The Labute approximate surface area is 97.0 Å². The van der Waals surface area contributed by atoms with Crippen LogP contribution in [0.5, 0.6) is 0 Å². The Bertz CT molecular complexity index is 343. The molecule has 1 rings (SSSR count).